The van der Waals surface area contributed by atoms with Crippen molar-refractivity contribution < 1.29 is 9.59 Å². The number of hydrogen-bond acceptors (Lipinski definition) is 2. The molecule has 1 aromatic rings. The first-order chi connectivity index (χ1) is 9.87. The molecule has 0 aromatic heterocycles. The maximum Gasteiger partial charge on any atom is 0.243 e. The van der Waals surface area contributed by atoms with Crippen molar-refractivity contribution in [2.75, 3.05) is 13.1 Å². The van der Waals surface area contributed by atoms with Crippen LogP contribution in [-0.4, -0.2) is 35.8 Å². The molecule has 0 radical (unpaired) electrons. The van der Waals surface area contributed by atoms with Crippen LogP contribution in [0.5, 0.6) is 0 Å². The van der Waals surface area contributed by atoms with Crippen molar-refractivity contribution in [1.82, 2.24) is 10.2 Å². The fourth-order valence-electron chi connectivity index (χ4n) is 2.47. The highest BCUT2D eigenvalue weighted by Crippen LogP contribution is 2.21. The molecule has 1 atom stereocenters. The number of benzene rings is 1. The molecule has 4 nitrogen and oxygen atoms in total. The van der Waals surface area contributed by atoms with Gasteiger partial charge in [-0.25, -0.2) is 0 Å². The van der Waals surface area contributed by atoms with Crippen LogP contribution in [0.4, 0.5) is 0 Å². The van der Waals surface area contributed by atoms with Gasteiger partial charge in [0.2, 0.25) is 11.8 Å². The normalized spacial score (nSPS) is 19.6. The third-order valence-electron chi connectivity index (χ3n) is 3.79. The van der Waals surface area contributed by atoms with Gasteiger partial charge in [0.25, 0.3) is 0 Å². The summed E-state index contributed by atoms with van der Waals surface area (Å²) >= 11 is 0. The molecule has 4 heteroatoms. The van der Waals surface area contributed by atoms with Gasteiger partial charge in [-0.3, -0.25) is 9.59 Å². The topological polar surface area (TPSA) is 49.4 Å². The summed E-state index contributed by atoms with van der Waals surface area (Å²) in [6.07, 6.45) is 1.46. The van der Waals surface area contributed by atoms with Crippen molar-refractivity contribution in [3.63, 3.8) is 0 Å². The molecule has 1 aliphatic heterocycles. The zero-order chi connectivity index (χ0) is 15.5. The Morgan fingerprint density at radius 1 is 1.19 bits per heavy atom. The minimum Gasteiger partial charge on any atom is -0.345 e. The Bertz CT molecular complexity index is 505. The average Bonchev–Trinajstić information content (AvgIpc) is 2.42. The molecule has 1 N–H and O–H groups in total. The maximum atomic E-state index is 12.2. The zero-order valence-corrected chi connectivity index (χ0v) is 13.1. The van der Waals surface area contributed by atoms with Crippen LogP contribution in [0.25, 0.3) is 0 Å². The summed E-state index contributed by atoms with van der Waals surface area (Å²) < 4.78 is 0. The minimum atomic E-state index is -0.393. The van der Waals surface area contributed by atoms with Crippen LogP contribution in [0.2, 0.25) is 0 Å². The van der Waals surface area contributed by atoms with Crippen molar-refractivity contribution in [1.29, 1.82) is 0 Å². The summed E-state index contributed by atoms with van der Waals surface area (Å²) in [5.74, 6) is -0.0351. The highest BCUT2D eigenvalue weighted by Gasteiger charge is 2.34. The van der Waals surface area contributed by atoms with Crippen LogP contribution in [0.15, 0.2) is 30.3 Å². The Kier molecular flexibility index (Phi) is 4.66. The number of rotatable bonds is 4. The Morgan fingerprint density at radius 2 is 1.86 bits per heavy atom. The monoisotopic (exact) mass is 288 g/mol. The van der Waals surface area contributed by atoms with Gasteiger partial charge in [0, 0.05) is 13.0 Å². The maximum absolute atomic E-state index is 12.2. The molecule has 0 saturated carbocycles. The van der Waals surface area contributed by atoms with Crippen LogP contribution in [-0.2, 0) is 16.0 Å². The van der Waals surface area contributed by atoms with Crippen LogP contribution in [0.1, 0.15) is 32.8 Å². The lowest BCUT2D eigenvalue weighted by molar-refractivity contribution is -0.145. The lowest BCUT2D eigenvalue weighted by Gasteiger charge is -2.36. The molecule has 114 valence electrons. The van der Waals surface area contributed by atoms with E-state index in [-0.39, 0.29) is 23.8 Å². The lowest BCUT2D eigenvalue weighted by Crippen LogP contribution is -2.59. The third kappa shape index (κ3) is 4.31. The second kappa shape index (κ2) is 6.29. The number of piperazine rings is 1. The fraction of sp³-hybridized carbons (Fsp3) is 0.529. The van der Waals surface area contributed by atoms with Crippen molar-refractivity contribution in [2.45, 2.75) is 39.7 Å². The smallest absolute Gasteiger partial charge is 0.243 e. The molecule has 1 heterocycles. The lowest BCUT2D eigenvalue weighted by atomic mass is 9.91. The second-order valence-corrected chi connectivity index (χ2v) is 6.82. The Hall–Kier alpha value is -1.84. The van der Waals surface area contributed by atoms with E-state index in [1.807, 2.05) is 30.3 Å². The Morgan fingerprint density at radius 3 is 2.48 bits per heavy atom. The van der Waals surface area contributed by atoms with Gasteiger partial charge in [-0.2, -0.15) is 0 Å². The van der Waals surface area contributed by atoms with Crippen molar-refractivity contribution >= 4 is 11.8 Å². The molecule has 0 aliphatic carbocycles. The molecule has 1 saturated heterocycles. The largest absolute Gasteiger partial charge is 0.345 e. The summed E-state index contributed by atoms with van der Waals surface area (Å²) in [5.41, 5.74) is 1.22. The van der Waals surface area contributed by atoms with Crippen molar-refractivity contribution in [2.24, 2.45) is 5.41 Å². The summed E-state index contributed by atoms with van der Waals surface area (Å²) in [4.78, 5) is 26.1. The van der Waals surface area contributed by atoms with E-state index >= 15 is 0 Å². The molecule has 2 amide bonds. The van der Waals surface area contributed by atoms with E-state index in [4.69, 9.17) is 0 Å². The second-order valence-electron chi connectivity index (χ2n) is 6.82. The van der Waals surface area contributed by atoms with Crippen LogP contribution < -0.4 is 5.32 Å². The first kappa shape index (κ1) is 15.5. The van der Waals surface area contributed by atoms with Crippen LogP contribution in [0, 0.1) is 5.41 Å². The predicted molar refractivity (Wildman–Crippen MR) is 82.7 cm³/mol. The Balaban J connectivity index is 2.12. The SMILES string of the molecule is CC(C)(C)CCN1C(=O)CNC(=O)C1Cc1ccccc1. The van der Waals surface area contributed by atoms with E-state index in [1.54, 1.807) is 4.90 Å². The summed E-state index contributed by atoms with van der Waals surface area (Å²) in [6.45, 7) is 7.19. The molecule has 1 unspecified atom stereocenters. The standard InChI is InChI=1S/C17H24N2O2/c1-17(2,3)9-10-19-14(16(21)18-12-15(19)20)11-13-7-5-4-6-8-13/h4-8,14H,9-12H2,1-3H3,(H,18,21). The Labute approximate surface area is 126 Å². The molecule has 1 aromatic carbocycles. The number of nitrogens with one attached hydrogen (secondary N) is 1. The molecule has 1 fully saturated rings. The molecular weight excluding hydrogens is 264 g/mol. The van der Waals surface area contributed by atoms with Crippen molar-refractivity contribution in [3.8, 4) is 0 Å². The van der Waals surface area contributed by atoms with Gasteiger partial charge in [-0.05, 0) is 17.4 Å². The van der Waals surface area contributed by atoms with Gasteiger partial charge in [0.15, 0.2) is 0 Å². The number of nitrogens with zero attached hydrogens (tertiary/aromatic N) is 1. The predicted octanol–water partition coefficient (Wildman–Crippen LogP) is 1.99. The number of amides is 2. The van der Waals surface area contributed by atoms with E-state index < -0.39 is 6.04 Å². The van der Waals surface area contributed by atoms with Crippen LogP contribution >= 0.6 is 0 Å². The number of hydrogen-bond donors (Lipinski definition) is 1. The van der Waals surface area contributed by atoms with E-state index in [0.29, 0.717) is 13.0 Å². The number of carbonyl (C=O) groups excluding carboxylic acids is 2. The third-order valence-corrected chi connectivity index (χ3v) is 3.79. The van der Waals surface area contributed by atoms with Gasteiger partial charge in [-0.15, -0.1) is 0 Å². The molecule has 0 spiro atoms. The van der Waals surface area contributed by atoms with Gasteiger partial charge in [-0.1, -0.05) is 51.1 Å². The average molecular weight is 288 g/mol. The highest BCUT2D eigenvalue weighted by atomic mass is 16.2. The quantitative estimate of drug-likeness (QED) is 0.921. The molecule has 2 rings (SSSR count). The van der Waals surface area contributed by atoms with Gasteiger partial charge in [0.1, 0.15) is 6.04 Å². The van der Waals surface area contributed by atoms with Crippen molar-refractivity contribution in [3.05, 3.63) is 35.9 Å². The van der Waals surface area contributed by atoms with Gasteiger partial charge in [0.05, 0.1) is 6.54 Å². The summed E-state index contributed by atoms with van der Waals surface area (Å²) in [7, 11) is 0. The fourth-order valence-corrected chi connectivity index (χ4v) is 2.47. The van der Waals surface area contributed by atoms with Crippen LogP contribution in [0.3, 0.4) is 0 Å². The van der Waals surface area contributed by atoms with E-state index in [9.17, 15) is 9.59 Å². The first-order valence-corrected chi connectivity index (χ1v) is 7.48. The minimum absolute atomic E-state index is 0.0137. The van der Waals surface area contributed by atoms with E-state index in [0.717, 1.165) is 12.0 Å². The summed E-state index contributed by atoms with van der Waals surface area (Å²) in [5, 5.41) is 2.70. The molecule has 1 aliphatic rings. The summed E-state index contributed by atoms with van der Waals surface area (Å²) in [6, 6.07) is 9.46. The highest BCUT2D eigenvalue weighted by molar-refractivity contribution is 5.95. The van der Waals surface area contributed by atoms with Gasteiger partial charge >= 0.3 is 0 Å². The zero-order valence-electron chi connectivity index (χ0n) is 13.1. The molecule has 21 heavy (non-hydrogen) atoms. The molecule has 0 bridgehead atoms. The molecular formula is C17H24N2O2. The van der Waals surface area contributed by atoms with E-state index in [1.165, 1.54) is 0 Å². The van der Waals surface area contributed by atoms with Gasteiger partial charge < -0.3 is 10.2 Å². The van der Waals surface area contributed by atoms with E-state index in [2.05, 4.69) is 26.1 Å². The number of carbonyl (C=O) groups is 2. The first-order valence-electron chi connectivity index (χ1n) is 7.48.